The van der Waals surface area contributed by atoms with Gasteiger partial charge in [0.2, 0.25) is 5.91 Å². The molecular weight excluding hydrogens is 244 g/mol. The number of carbonyl (C=O) groups is 3. The molecule has 2 aliphatic heterocycles. The van der Waals surface area contributed by atoms with Crippen molar-refractivity contribution in [2.75, 3.05) is 18.8 Å². The monoisotopic (exact) mass is 258 g/mol. The van der Waals surface area contributed by atoms with Gasteiger partial charge in [-0.2, -0.15) is 0 Å². The Labute approximate surface area is 103 Å². The van der Waals surface area contributed by atoms with Crippen LogP contribution in [0.25, 0.3) is 0 Å². The SMILES string of the molecule is CC1(C(=O)O)CCN(C(=O)C2CSC(=O)N2)C1. The van der Waals surface area contributed by atoms with Gasteiger partial charge < -0.3 is 15.3 Å². The van der Waals surface area contributed by atoms with Crippen LogP contribution in [0, 0.1) is 5.41 Å². The molecular formula is C10H14N2O4S. The summed E-state index contributed by atoms with van der Waals surface area (Å²) in [4.78, 5) is 35.6. The molecule has 2 atom stereocenters. The fourth-order valence-electron chi connectivity index (χ4n) is 2.06. The van der Waals surface area contributed by atoms with Crippen molar-refractivity contribution in [1.29, 1.82) is 0 Å². The highest BCUT2D eigenvalue weighted by atomic mass is 32.2. The molecule has 0 spiro atoms. The molecule has 2 heterocycles. The van der Waals surface area contributed by atoms with Crippen molar-refractivity contribution in [3.8, 4) is 0 Å². The maximum Gasteiger partial charge on any atom is 0.311 e. The molecule has 2 fully saturated rings. The van der Waals surface area contributed by atoms with E-state index in [4.69, 9.17) is 5.11 Å². The quantitative estimate of drug-likeness (QED) is 0.735. The highest BCUT2D eigenvalue weighted by Crippen LogP contribution is 2.31. The maximum absolute atomic E-state index is 12.0. The van der Waals surface area contributed by atoms with Crippen molar-refractivity contribution in [3.63, 3.8) is 0 Å². The Balaban J connectivity index is 1.99. The molecule has 0 aromatic heterocycles. The number of carbonyl (C=O) groups excluding carboxylic acids is 2. The van der Waals surface area contributed by atoms with Crippen molar-refractivity contribution in [3.05, 3.63) is 0 Å². The molecule has 0 aromatic carbocycles. The summed E-state index contributed by atoms with van der Waals surface area (Å²) in [5.41, 5.74) is -0.856. The number of carboxylic acids is 1. The van der Waals surface area contributed by atoms with Gasteiger partial charge in [0, 0.05) is 18.8 Å². The van der Waals surface area contributed by atoms with Gasteiger partial charge in [0.05, 0.1) is 5.41 Å². The van der Waals surface area contributed by atoms with E-state index in [0.717, 1.165) is 11.8 Å². The molecule has 2 rings (SSSR count). The first-order valence-electron chi connectivity index (χ1n) is 5.38. The second-order valence-electron chi connectivity index (χ2n) is 4.67. The highest BCUT2D eigenvalue weighted by molar-refractivity contribution is 8.14. The summed E-state index contributed by atoms with van der Waals surface area (Å²) in [6.07, 6.45) is 0.460. The number of nitrogens with one attached hydrogen (secondary N) is 1. The second kappa shape index (κ2) is 4.21. The van der Waals surface area contributed by atoms with Gasteiger partial charge in [0.1, 0.15) is 6.04 Å². The first kappa shape index (κ1) is 12.2. The maximum atomic E-state index is 12.0. The molecule has 0 aromatic rings. The normalized spacial score (nSPS) is 32.6. The summed E-state index contributed by atoms with van der Waals surface area (Å²) in [5.74, 6) is -0.622. The zero-order chi connectivity index (χ0) is 12.6. The zero-order valence-electron chi connectivity index (χ0n) is 9.43. The minimum absolute atomic E-state index is 0.173. The van der Waals surface area contributed by atoms with E-state index in [-0.39, 0.29) is 17.7 Å². The summed E-state index contributed by atoms with van der Waals surface area (Å²) in [7, 11) is 0. The summed E-state index contributed by atoms with van der Waals surface area (Å²) in [5, 5.41) is 11.4. The van der Waals surface area contributed by atoms with E-state index in [1.54, 1.807) is 6.92 Å². The average Bonchev–Trinajstić information content (AvgIpc) is 2.85. The molecule has 94 valence electrons. The largest absolute Gasteiger partial charge is 0.481 e. The molecule has 2 unspecified atom stereocenters. The molecule has 2 aliphatic rings. The van der Waals surface area contributed by atoms with Gasteiger partial charge in [-0.25, -0.2) is 0 Å². The van der Waals surface area contributed by atoms with Crippen LogP contribution in [0.1, 0.15) is 13.3 Å². The Kier molecular flexibility index (Phi) is 3.03. The molecule has 7 heteroatoms. The molecule has 0 bridgehead atoms. The predicted molar refractivity (Wildman–Crippen MR) is 61.7 cm³/mol. The van der Waals surface area contributed by atoms with Crippen LogP contribution >= 0.6 is 11.8 Å². The van der Waals surface area contributed by atoms with E-state index < -0.39 is 17.4 Å². The van der Waals surface area contributed by atoms with Crippen LogP contribution in [0.3, 0.4) is 0 Å². The van der Waals surface area contributed by atoms with Crippen molar-refractivity contribution < 1.29 is 19.5 Å². The van der Waals surface area contributed by atoms with Crippen molar-refractivity contribution in [1.82, 2.24) is 10.2 Å². The van der Waals surface area contributed by atoms with Crippen molar-refractivity contribution in [2.45, 2.75) is 19.4 Å². The average molecular weight is 258 g/mol. The Hall–Kier alpha value is -1.24. The third kappa shape index (κ3) is 2.24. The van der Waals surface area contributed by atoms with E-state index in [0.29, 0.717) is 18.7 Å². The Morgan fingerprint density at radius 1 is 1.59 bits per heavy atom. The lowest BCUT2D eigenvalue weighted by Crippen LogP contribution is -2.45. The smallest absolute Gasteiger partial charge is 0.311 e. The van der Waals surface area contributed by atoms with E-state index >= 15 is 0 Å². The van der Waals surface area contributed by atoms with Crippen LogP contribution in [-0.2, 0) is 9.59 Å². The Morgan fingerprint density at radius 3 is 2.76 bits per heavy atom. The fraction of sp³-hybridized carbons (Fsp3) is 0.700. The number of thioether (sulfide) groups is 1. The summed E-state index contributed by atoms with van der Waals surface area (Å²) < 4.78 is 0. The van der Waals surface area contributed by atoms with Gasteiger partial charge in [-0.1, -0.05) is 11.8 Å². The van der Waals surface area contributed by atoms with Crippen LogP contribution in [0.5, 0.6) is 0 Å². The van der Waals surface area contributed by atoms with Gasteiger partial charge >= 0.3 is 5.97 Å². The van der Waals surface area contributed by atoms with Gasteiger partial charge in [0.15, 0.2) is 0 Å². The second-order valence-corrected chi connectivity index (χ2v) is 5.66. The third-order valence-corrected chi connectivity index (χ3v) is 4.15. The predicted octanol–water partition coefficient (Wildman–Crippen LogP) is 0.135. The van der Waals surface area contributed by atoms with E-state index in [1.807, 2.05) is 0 Å². The lowest BCUT2D eigenvalue weighted by atomic mass is 9.90. The van der Waals surface area contributed by atoms with E-state index in [1.165, 1.54) is 4.90 Å². The van der Waals surface area contributed by atoms with E-state index in [9.17, 15) is 14.4 Å². The topological polar surface area (TPSA) is 86.7 Å². The number of amides is 2. The minimum Gasteiger partial charge on any atom is -0.481 e. The number of hydrogen-bond acceptors (Lipinski definition) is 4. The number of likely N-dealkylation sites (tertiary alicyclic amines) is 1. The fourth-order valence-corrected chi connectivity index (χ4v) is 2.83. The number of hydrogen-bond donors (Lipinski definition) is 2. The van der Waals surface area contributed by atoms with Gasteiger partial charge in [0.25, 0.3) is 5.24 Å². The number of carboxylic acid groups (broad SMARTS) is 1. The van der Waals surface area contributed by atoms with Gasteiger partial charge in [-0.05, 0) is 13.3 Å². The number of aliphatic carboxylic acids is 1. The molecule has 17 heavy (non-hydrogen) atoms. The van der Waals surface area contributed by atoms with Gasteiger partial charge in [-0.3, -0.25) is 14.4 Å². The molecule has 2 amide bonds. The van der Waals surface area contributed by atoms with Crippen molar-refractivity contribution in [2.24, 2.45) is 5.41 Å². The van der Waals surface area contributed by atoms with Crippen LogP contribution in [0.2, 0.25) is 0 Å². The summed E-state index contributed by atoms with van der Waals surface area (Å²) >= 11 is 1.08. The van der Waals surface area contributed by atoms with Crippen LogP contribution in [0.4, 0.5) is 4.79 Å². The van der Waals surface area contributed by atoms with Crippen LogP contribution in [0.15, 0.2) is 0 Å². The van der Waals surface area contributed by atoms with Crippen LogP contribution in [-0.4, -0.2) is 52.0 Å². The standard InChI is InChI=1S/C10H14N2O4S/c1-10(8(14)15)2-3-12(5-10)7(13)6-4-17-9(16)11-6/h6H,2-5H2,1H3,(H,11,16)(H,14,15). The lowest BCUT2D eigenvalue weighted by molar-refractivity contribution is -0.147. The first-order chi connectivity index (χ1) is 7.92. The molecule has 6 nitrogen and oxygen atoms in total. The van der Waals surface area contributed by atoms with Gasteiger partial charge in [-0.15, -0.1) is 0 Å². The zero-order valence-corrected chi connectivity index (χ0v) is 10.2. The lowest BCUT2D eigenvalue weighted by Gasteiger charge is -2.22. The summed E-state index contributed by atoms with van der Waals surface area (Å²) in [6, 6.07) is -0.497. The Morgan fingerprint density at radius 2 is 2.29 bits per heavy atom. The molecule has 2 saturated heterocycles. The number of nitrogens with zero attached hydrogens (tertiary/aromatic N) is 1. The highest BCUT2D eigenvalue weighted by Gasteiger charge is 2.44. The molecule has 0 aliphatic carbocycles. The van der Waals surface area contributed by atoms with Crippen LogP contribution < -0.4 is 5.32 Å². The molecule has 0 saturated carbocycles. The van der Waals surface area contributed by atoms with E-state index in [2.05, 4.69) is 5.32 Å². The number of rotatable bonds is 2. The minimum atomic E-state index is -0.877. The third-order valence-electron chi connectivity index (χ3n) is 3.27. The van der Waals surface area contributed by atoms with Crippen molar-refractivity contribution >= 4 is 28.9 Å². The first-order valence-corrected chi connectivity index (χ1v) is 6.36. The molecule has 2 N–H and O–H groups in total. The Bertz CT molecular complexity index is 387. The summed E-state index contributed by atoms with van der Waals surface area (Å²) in [6.45, 7) is 2.31. The molecule has 0 radical (unpaired) electrons.